The molecule has 0 fully saturated rings. The second-order valence-electron chi connectivity index (χ2n) is 4.80. The van der Waals surface area contributed by atoms with Crippen LogP contribution in [-0.4, -0.2) is 15.9 Å². The second-order valence-corrected chi connectivity index (χ2v) is 5.72. The Labute approximate surface area is 136 Å². The first-order chi connectivity index (χ1) is 10.7. The molecule has 0 aliphatic carbocycles. The van der Waals surface area contributed by atoms with E-state index in [-0.39, 0.29) is 5.91 Å². The lowest BCUT2D eigenvalue weighted by Crippen LogP contribution is -2.20. The number of imidazole rings is 1. The number of hydrogen-bond acceptors (Lipinski definition) is 2. The van der Waals surface area contributed by atoms with Crippen LogP contribution >= 0.6 is 15.9 Å². The number of nitrogens with one attached hydrogen (secondary N) is 2. The van der Waals surface area contributed by atoms with Crippen LogP contribution in [0.4, 0.5) is 0 Å². The predicted octanol–water partition coefficient (Wildman–Crippen LogP) is 3.66. The van der Waals surface area contributed by atoms with E-state index in [2.05, 4.69) is 31.2 Å². The van der Waals surface area contributed by atoms with Gasteiger partial charge >= 0.3 is 0 Å². The van der Waals surface area contributed by atoms with Crippen molar-refractivity contribution in [1.82, 2.24) is 15.3 Å². The largest absolute Gasteiger partial charge is 0.345 e. The first-order valence-corrected chi connectivity index (χ1v) is 7.65. The predicted molar refractivity (Wildman–Crippen MR) is 91.1 cm³/mol. The summed E-state index contributed by atoms with van der Waals surface area (Å²) in [5.41, 5.74) is 2.84. The van der Waals surface area contributed by atoms with Crippen molar-refractivity contribution in [2.24, 2.45) is 0 Å². The smallest absolute Gasteiger partial charge is 0.244 e. The van der Waals surface area contributed by atoms with Crippen LogP contribution in [0.2, 0.25) is 0 Å². The number of hydrogen-bond donors (Lipinski definition) is 2. The number of aromatic amines is 1. The third-order valence-electron chi connectivity index (χ3n) is 3.17. The SMILES string of the molecule is O=C(/C=C/c1ccc(Br)cc1)NCc1nc2ccccc2[nH]1. The van der Waals surface area contributed by atoms with E-state index < -0.39 is 0 Å². The molecule has 0 unspecified atom stereocenters. The van der Waals surface area contributed by atoms with Gasteiger partial charge in [0.15, 0.2) is 0 Å². The summed E-state index contributed by atoms with van der Waals surface area (Å²) in [7, 11) is 0. The molecule has 0 aliphatic heterocycles. The molecule has 22 heavy (non-hydrogen) atoms. The maximum atomic E-state index is 11.8. The number of rotatable bonds is 4. The quantitative estimate of drug-likeness (QED) is 0.701. The van der Waals surface area contributed by atoms with Crippen molar-refractivity contribution in [2.45, 2.75) is 6.54 Å². The molecule has 3 rings (SSSR count). The Morgan fingerprint density at radius 1 is 1.18 bits per heavy atom. The molecule has 0 spiro atoms. The zero-order valence-corrected chi connectivity index (χ0v) is 13.3. The van der Waals surface area contributed by atoms with E-state index in [4.69, 9.17) is 0 Å². The van der Waals surface area contributed by atoms with Gasteiger partial charge < -0.3 is 10.3 Å². The highest BCUT2D eigenvalue weighted by atomic mass is 79.9. The summed E-state index contributed by atoms with van der Waals surface area (Å²) in [6.07, 6.45) is 3.30. The number of halogens is 1. The average molecular weight is 356 g/mol. The summed E-state index contributed by atoms with van der Waals surface area (Å²) in [5, 5.41) is 2.81. The third kappa shape index (κ3) is 3.62. The normalized spacial score (nSPS) is 11.1. The Morgan fingerprint density at radius 3 is 2.73 bits per heavy atom. The molecule has 1 heterocycles. The van der Waals surface area contributed by atoms with Crippen LogP contribution in [0.3, 0.4) is 0 Å². The van der Waals surface area contributed by atoms with Crippen molar-refractivity contribution < 1.29 is 4.79 Å². The number of amides is 1. The number of carbonyl (C=O) groups excluding carboxylic acids is 1. The summed E-state index contributed by atoms with van der Waals surface area (Å²) >= 11 is 3.38. The van der Waals surface area contributed by atoms with Crippen LogP contribution < -0.4 is 5.32 Å². The molecule has 0 saturated carbocycles. The van der Waals surface area contributed by atoms with Gasteiger partial charge in [-0.15, -0.1) is 0 Å². The summed E-state index contributed by atoms with van der Waals surface area (Å²) in [6.45, 7) is 0.373. The van der Waals surface area contributed by atoms with E-state index in [9.17, 15) is 4.79 Å². The topological polar surface area (TPSA) is 57.8 Å². The second kappa shape index (κ2) is 6.58. The minimum Gasteiger partial charge on any atom is -0.345 e. The minimum atomic E-state index is -0.150. The summed E-state index contributed by atoms with van der Waals surface area (Å²) < 4.78 is 1.01. The number of para-hydroxylation sites is 2. The van der Waals surface area contributed by atoms with E-state index in [1.54, 1.807) is 6.08 Å². The number of aromatic nitrogens is 2. The van der Waals surface area contributed by atoms with Crippen molar-refractivity contribution in [2.75, 3.05) is 0 Å². The molecule has 1 amide bonds. The zero-order chi connectivity index (χ0) is 15.4. The lowest BCUT2D eigenvalue weighted by molar-refractivity contribution is -0.116. The van der Waals surface area contributed by atoms with E-state index in [0.717, 1.165) is 26.9 Å². The molecule has 0 atom stereocenters. The maximum absolute atomic E-state index is 11.8. The van der Waals surface area contributed by atoms with E-state index in [0.29, 0.717) is 6.54 Å². The fourth-order valence-corrected chi connectivity index (χ4v) is 2.33. The summed E-state index contributed by atoms with van der Waals surface area (Å²) in [6, 6.07) is 15.5. The van der Waals surface area contributed by atoms with Gasteiger partial charge in [-0.2, -0.15) is 0 Å². The highest BCUT2D eigenvalue weighted by molar-refractivity contribution is 9.10. The molecular formula is C17H14BrN3O. The molecular weight excluding hydrogens is 342 g/mol. The van der Waals surface area contributed by atoms with E-state index in [1.165, 1.54) is 6.08 Å². The number of carbonyl (C=O) groups is 1. The van der Waals surface area contributed by atoms with Crippen molar-refractivity contribution in [3.8, 4) is 0 Å². The number of fused-ring (bicyclic) bond motifs is 1. The number of nitrogens with zero attached hydrogens (tertiary/aromatic N) is 1. The lowest BCUT2D eigenvalue weighted by atomic mass is 10.2. The first kappa shape index (κ1) is 14.5. The third-order valence-corrected chi connectivity index (χ3v) is 3.69. The van der Waals surface area contributed by atoms with Gasteiger partial charge in [-0.05, 0) is 35.9 Å². The Kier molecular flexibility index (Phi) is 4.34. The van der Waals surface area contributed by atoms with Crippen molar-refractivity contribution >= 4 is 38.9 Å². The molecule has 0 radical (unpaired) electrons. The van der Waals surface area contributed by atoms with Gasteiger partial charge in [0.1, 0.15) is 5.82 Å². The van der Waals surface area contributed by atoms with Gasteiger partial charge in [-0.3, -0.25) is 4.79 Å². The van der Waals surface area contributed by atoms with Crippen LogP contribution in [0.5, 0.6) is 0 Å². The van der Waals surface area contributed by atoms with E-state index in [1.807, 2.05) is 48.5 Å². The molecule has 0 bridgehead atoms. The van der Waals surface area contributed by atoms with Crippen molar-refractivity contribution in [1.29, 1.82) is 0 Å². The Hall–Kier alpha value is -2.40. The van der Waals surface area contributed by atoms with Crippen LogP contribution in [0.1, 0.15) is 11.4 Å². The first-order valence-electron chi connectivity index (χ1n) is 6.86. The molecule has 0 saturated heterocycles. The van der Waals surface area contributed by atoms with Gasteiger partial charge in [0.25, 0.3) is 0 Å². The van der Waals surface area contributed by atoms with Gasteiger partial charge in [0, 0.05) is 10.5 Å². The molecule has 1 aromatic heterocycles. The monoisotopic (exact) mass is 355 g/mol. The van der Waals surface area contributed by atoms with Gasteiger partial charge in [-0.25, -0.2) is 4.98 Å². The molecule has 0 aliphatic rings. The van der Waals surface area contributed by atoms with Gasteiger partial charge in [0.2, 0.25) is 5.91 Å². The molecule has 110 valence electrons. The fraction of sp³-hybridized carbons (Fsp3) is 0.0588. The molecule has 3 aromatic rings. The fourth-order valence-electron chi connectivity index (χ4n) is 2.06. The maximum Gasteiger partial charge on any atom is 0.244 e. The summed E-state index contributed by atoms with van der Waals surface area (Å²) in [5.74, 6) is 0.593. The number of H-pyrrole nitrogens is 1. The average Bonchev–Trinajstić information content (AvgIpc) is 2.95. The van der Waals surface area contributed by atoms with Crippen LogP contribution in [-0.2, 0) is 11.3 Å². The standard InChI is InChI=1S/C17H14BrN3O/c18-13-8-5-12(6-9-13)7-10-17(22)19-11-16-20-14-3-1-2-4-15(14)21-16/h1-10H,11H2,(H,19,22)(H,20,21)/b10-7+. The molecule has 5 heteroatoms. The van der Waals surface area contributed by atoms with Crippen LogP contribution in [0.25, 0.3) is 17.1 Å². The lowest BCUT2D eigenvalue weighted by Gasteiger charge is -1.98. The zero-order valence-electron chi connectivity index (χ0n) is 11.7. The van der Waals surface area contributed by atoms with Crippen molar-refractivity contribution in [3.05, 3.63) is 70.5 Å². The summed E-state index contributed by atoms with van der Waals surface area (Å²) in [4.78, 5) is 19.4. The minimum absolute atomic E-state index is 0.150. The van der Waals surface area contributed by atoms with Crippen LogP contribution in [0, 0.1) is 0 Å². The van der Waals surface area contributed by atoms with E-state index >= 15 is 0 Å². The molecule has 2 aromatic carbocycles. The number of benzene rings is 2. The Morgan fingerprint density at radius 2 is 1.95 bits per heavy atom. The highest BCUT2D eigenvalue weighted by Gasteiger charge is 2.02. The van der Waals surface area contributed by atoms with Crippen molar-refractivity contribution in [3.63, 3.8) is 0 Å². The van der Waals surface area contributed by atoms with Gasteiger partial charge in [0.05, 0.1) is 17.6 Å². The Bertz CT molecular complexity index is 788. The Balaban J connectivity index is 1.58. The van der Waals surface area contributed by atoms with Crippen LogP contribution in [0.15, 0.2) is 59.1 Å². The highest BCUT2D eigenvalue weighted by Crippen LogP contribution is 2.12. The molecule has 2 N–H and O–H groups in total. The van der Waals surface area contributed by atoms with Gasteiger partial charge in [-0.1, -0.05) is 40.2 Å². The molecule has 4 nitrogen and oxygen atoms in total.